The summed E-state index contributed by atoms with van der Waals surface area (Å²) < 4.78 is 10.3. The Bertz CT molecular complexity index is 333. The van der Waals surface area contributed by atoms with Gasteiger partial charge in [0.05, 0.1) is 10.8 Å². The third-order valence-electron chi connectivity index (χ3n) is 3.88. The highest BCUT2D eigenvalue weighted by molar-refractivity contribution is 5.85. The Hall–Kier alpha value is -1.06. The fraction of sp³-hybridized carbons (Fsp3) is 0.800. The summed E-state index contributed by atoms with van der Waals surface area (Å²) in [4.78, 5) is 22.4. The minimum Gasteiger partial charge on any atom is -0.422 e. The van der Waals surface area contributed by atoms with Gasteiger partial charge in [-0.1, -0.05) is 6.92 Å². The molecule has 2 rings (SSSR count). The highest BCUT2D eigenvalue weighted by Crippen LogP contribution is 2.74. The predicted octanol–water partition coefficient (Wildman–Crippen LogP) is 1.24. The molecule has 0 aromatic carbocycles. The van der Waals surface area contributed by atoms with Crippen molar-refractivity contribution in [1.82, 2.24) is 0 Å². The molecule has 0 N–H and O–H groups in total. The van der Waals surface area contributed by atoms with E-state index in [1.165, 1.54) is 6.92 Å². The van der Waals surface area contributed by atoms with Crippen molar-refractivity contribution in [1.29, 1.82) is 0 Å². The largest absolute Gasteiger partial charge is 0.422 e. The van der Waals surface area contributed by atoms with Gasteiger partial charge in [-0.15, -0.1) is 0 Å². The molecule has 0 aromatic rings. The molecule has 0 radical (unpaired) electrons. The van der Waals surface area contributed by atoms with Crippen LogP contribution in [0.3, 0.4) is 0 Å². The van der Waals surface area contributed by atoms with E-state index >= 15 is 0 Å². The monoisotopic (exact) mass is 198 g/mol. The van der Waals surface area contributed by atoms with Crippen molar-refractivity contribution in [2.75, 3.05) is 0 Å². The number of esters is 2. The molecule has 2 fully saturated rings. The van der Waals surface area contributed by atoms with Gasteiger partial charge in [0.25, 0.3) is 5.79 Å². The first kappa shape index (κ1) is 9.49. The van der Waals surface area contributed by atoms with Gasteiger partial charge in [0.2, 0.25) is 0 Å². The quantitative estimate of drug-likeness (QED) is 0.595. The lowest BCUT2D eigenvalue weighted by Crippen LogP contribution is -2.39. The SMILES string of the molecule is CC(=O)OC1(C)OC(=O)C2(C)CC12C. The molecule has 4 heteroatoms. The minimum absolute atomic E-state index is 0.260. The van der Waals surface area contributed by atoms with Gasteiger partial charge >= 0.3 is 11.9 Å². The number of carbonyl (C=O) groups is 2. The molecular weight excluding hydrogens is 184 g/mol. The van der Waals surface area contributed by atoms with Gasteiger partial charge in [-0.2, -0.15) is 0 Å². The first-order chi connectivity index (χ1) is 6.25. The number of rotatable bonds is 1. The van der Waals surface area contributed by atoms with Crippen LogP contribution in [0.1, 0.15) is 34.1 Å². The van der Waals surface area contributed by atoms with Crippen LogP contribution in [0.5, 0.6) is 0 Å². The molecule has 1 aliphatic heterocycles. The van der Waals surface area contributed by atoms with E-state index in [1.807, 2.05) is 13.8 Å². The van der Waals surface area contributed by atoms with Gasteiger partial charge in [0.1, 0.15) is 0 Å². The van der Waals surface area contributed by atoms with Crippen molar-refractivity contribution in [2.45, 2.75) is 39.9 Å². The summed E-state index contributed by atoms with van der Waals surface area (Å²) in [6, 6.07) is 0. The second kappa shape index (κ2) is 2.12. The van der Waals surface area contributed by atoms with Crippen LogP contribution >= 0.6 is 0 Å². The van der Waals surface area contributed by atoms with Crippen molar-refractivity contribution >= 4 is 11.9 Å². The van der Waals surface area contributed by atoms with E-state index in [0.717, 1.165) is 6.42 Å². The van der Waals surface area contributed by atoms with Gasteiger partial charge in [-0.25, -0.2) is 0 Å². The Balaban J connectivity index is 2.32. The lowest BCUT2D eigenvalue weighted by atomic mass is 9.92. The molecule has 0 amide bonds. The lowest BCUT2D eigenvalue weighted by molar-refractivity contribution is -0.227. The topological polar surface area (TPSA) is 52.6 Å². The van der Waals surface area contributed by atoms with Gasteiger partial charge < -0.3 is 9.47 Å². The van der Waals surface area contributed by atoms with E-state index < -0.39 is 17.2 Å². The van der Waals surface area contributed by atoms with Crippen LogP contribution in [0.15, 0.2) is 0 Å². The van der Waals surface area contributed by atoms with Crippen LogP contribution in [0.4, 0.5) is 0 Å². The van der Waals surface area contributed by atoms with Crippen LogP contribution in [-0.4, -0.2) is 17.7 Å². The highest BCUT2D eigenvalue weighted by Gasteiger charge is 2.82. The zero-order valence-corrected chi connectivity index (χ0v) is 8.84. The van der Waals surface area contributed by atoms with Crippen LogP contribution in [0.2, 0.25) is 0 Å². The zero-order valence-electron chi connectivity index (χ0n) is 8.84. The Morgan fingerprint density at radius 3 is 2.29 bits per heavy atom. The molecule has 4 nitrogen and oxygen atoms in total. The fourth-order valence-corrected chi connectivity index (χ4v) is 2.43. The van der Waals surface area contributed by atoms with Crippen LogP contribution in [-0.2, 0) is 19.1 Å². The summed E-state index contributed by atoms with van der Waals surface area (Å²) in [7, 11) is 0. The minimum atomic E-state index is -1.08. The van der Waals surface area contributed by atoms with Gasteiger partial charge in [-0.3, -0.25) is 9.59 Å². The Morgan fingerprint density at radius 2 is 2.00 bits per heavy atom. The van der Waals surface area contributed by atoms with E-state index in [-0.39, 0.29) is 11.4 Å². The van der Waals surface area contributed by atoms with Crippen molar-refractivity contribution in [3.63, 3.8) is 0 Å². The number of ether oxygens (including phenoxy) is 2. The van der Waals surface area contributed by atoms with Crippen molar-refractivity contribution in [3.05, 3.63) is 0 Å². The molecule has 3 atom stereocenters. The van der Waals surface area contributed by atoms with E-state index in [0.29, 0.717) is 0 Å². The average Bonchev–Trinajstić information content (AvgIpc) is 2.51. The number of hydrogen-bond acceptors (Lipinski definition) is 4. The summed E-state index contributed by atoms with van der Waals surface area (Å²) >= 11 is 0. The lowest BCUT2D eigenvalue weighted by Gasteiger charge is -2.29. The van der Waals surface area contributed by atoms with Crippen LogP contribution < -0.4 is 0 Å². The van der Waals surface area contributed by atoms with Crippen LogP contribution in [0.25, 0.3) is 0 Å². The Labute approximate surface area is 82.6 Å². The molecule has 1 saturated carbocycles. The van der Waals surface area contributed by atoms with E-state index in [4.69, 9.17) is 9.47 Å². The van der Waals surface area contributed by atoms with Gasteiger partial charge in [0.15, 0.2) is 0 Å². The third-order valence-corrected chi connectivity index (χ3v) is 3.88. The maximum atomic E-state index is 11.5. The number of hydrogen-bond donors (Lipinski definition) is 0. The average molecular weight is 198 g/mol. The molecule has 78 valence electrons. The molecule has 1 heterocycles. The molecule has 1 saturated heterocycles. The number of cyclic esters (lactones) is 1. The molecule has 0 spiro atoms. The zero-order chi connectivity index (χ0) is 10.8. The van der Waals surface area contributed by atoms with E-state index in [1.54, 1.807) is 6.92 Å². The second-order valence-electron chi connectivity index (χ2n) is 4.77. The smallest absolute Gasteiger partial charge is 0.315 e. The first-order valence-electron chi connectivity index (χ1n) is 4.68. The predicted molar refractivity (Wildman–Crippen MR) is 47.1 cm³/mol. The van der Waals surface area contributed by atoms with Crippen molar-refractivity contribution in [3.8, 4) is 0 Å². The molecular formula is C10H14O4. The summed E-state index contributed by atoms with van der Waals surface area (Å²) in [5.41, 5.74) is -0.819. The summed E-state index contributed by atoms with van der Waals surface area (Å²) in [6.07, 6.45) is 0.725. The molecule has 14 heavy (non-hydrogen) atoms. The molecule has 1 aliphatic carbocycles. The Kier molecular flexibility index (Phi) is 1.44. The number of fused-ring (bicyclic) bond motifs is 1. The maximum Gasteiger partial charge on any atom is 0.315 e. The highest BCUT2D eigenvalue weighted by atomic mass is 16.7. The summed E-state index contributed by atoms with van der Waals surface area (Å²) in [5, 5.41) is 0. The van der Waals surface area contributed by atoms with Crippen molar-refractivity contribution in [2.24, 2.45) is 10.8 Å². The standard InChI is InChI=1S/C10H14O4/c1-6(11)13-10(4)9(3)5-8(9,2)7(12)14-10/h5H2,1-4H3. The molecule has 0 bridgehead atoms. The van der Waals surface area contributed by atoms with Crippen LogP contribution in [0, 0.1) is 10.8 Å². The molecule has 0 aromatic heterocycles. The summed E-state index contributed by atoms with van der Waals surface area (Å²) in [6.45, 7) is 6.75. The Morgan fingerprint density at radius 1 is 1.43 bits per heavy atom. The fourth-order valence-electron chi connectivity index (χ4n) is 2.43. The third kappa shape index (κ3) is 0.792. The van der Waals surface area contributed by atoms with Crippen molar-refractivity contribution < 1.29 is 19.1 Å². The van der Waals surface area contributed by atoms with E-state index in [2.05, 4.69) is 0 Å². The van der Waals surface area contributed by atoms with E-state index in [9.17, 15) is 9.59 Å². The summed E-state index contributed by atoms with van der Waals surface area (Å²) in [5.74, 6) is -1.76. The molecule has 2 aliphatic rings. The molecule has 3 unspecified atom stereocenters. The first-order valence-corrected chi connectivity index (χ1v) is 4.68. The normalized spacial score (nSPS) is 49.6. The van der Waals surface area contributed by atoms with Gasteiger partial charge in [0, 0.05) is 13.8 Å². The van der Waals surface area contributed by atoms with Gasteiger partial charge in [-0.05, 0) is 13.3 Å². The second-order valence-corrected chi connectivity index (χ2v) is 4.77. The maximum absolute atomic E-state index is 11.5. The number of carbonyl (C=O) groups excluding carboxylic acids is 2.